The fourth-order valence-corrected chi connectivity index (χ4v) is 1.82. The van der Waals surface area contributed by atoms with Gasteiger partial charge in [0.15, 0.2) is 4.87 Å². The lowest BCUT2D eigenvalue weighted by Crippen LogP contribution is -2.11. The van der Waals surface area contributed by atoms with Gasteiger partial charge in [-0.1, -0.05) is 12.1 Å². The van der Waals surface area contributed by atoms with E-state index in [-0.39, 0.29) is 11.4 Å². The first-order valence-corrected chi connectivity index (χ1v) is 6.75. The molecule has 0 aromatic heterocycles. The summed E-state index contributed by atoms with van der Waals surface area (Å²) in [5.74, 6) is -0.326. The number of carbonyl (C=O) groups excluding carboxylic acids is 2. The quantitative estimate of drug-likeness (QED) is 0.395. The van der Waals surface area contributed by atoms with Gasteiger partial charge >= 0.3 is 11.9 Å². The van der Waals surface area contributed by atoms with Crippen LogP contribution in [-0.4, -0.2) is 16.8 Å². The SMILES string of the molecule is CC(=O)Oc1cccc(N[N+](=O)c2cccc(OC(C)=O)c2)c1. The van der Waals surface area contributed by atoms with Crippen molar-refractivity contribution in [1.82, 2.24) is 0 Å². The third-order valence-electron chi connectivity index (χ3n) is 2.64. The maximum absolute atomic E-state index is 12.1. The molecule has 0 aliphatic rings. The molecule has 1 N–H and O–H groups in total. The van der Waals surface area contributed by atoms with E-state index < -0.39 is 11.9 Å². The van der Waals surface area contributed by atoms with E-state index in [9.17, 15) is 14.5 Å². The zero-order valence-corrected chi connectivity index (χ0v) is 12.6. The molecule has 2 aromatic rings. The third-order valence-corrected chi connectivity index (χ3v) is 2.64. The predicted molar refractivity (Wildman–Crippen MR) is 82.4 cm³/mol. The van der Waals surface area contributed by atoms with E-state index in [2.05, 4.69) is 5.43 Å². The van der Waals surface area contributed by atoms with Crippen LogP contribution < -0.4 is 14.9 Å². The summed E-state index contributed by atoms with van der Waals surface area (Å²) in [4.78, 5) is 34.5. The van der Waals surface area contributed by atoms with Gasteiger partial charge in [-0.2, -0.15) is 0 Å². The summed E-state index contributed by atoms with van der Waals surface area (Å²) in [6.07, 6.45) is 0. The number of nitrogens with zero attached hydrogens (tertiary/aromatic N) is 1. The summed E-state index contributed by atoms with van der Waals surface area (Å²) in [6.45, 7) is 2.57. The van der Waals surface area contributed by atoms with Crippen molar-refractivity contribution in [2.45, 2.75) is 13.8 Å². The first-order valence-electron chi connectivity index (χ1n) is 6.75. The summed E-state index contributed by atoms with van der Waals surface area (Å²) in [5, 5.41) is 0. The Labute approximate surface area is 132 Å². The molecule has 0 saturated heterocycles. The molecule has 0 saturated carbocycles. The highest BCUT2D eigenvalue weighted by atomic mass is 16.5. The Morgan fingerprint density at radius 2 is 1.48 bits per heavy atom. The summed E-state index contributed by atoms with van der Waals surface area (Å²) < 4.78 is 9.88. The maximum atomic E-state index is 12.1. The molecule has 7 heteroatoms. The number of hydrogen-bond acceptors (Lipinski definition) is 5. The molecule has 0 bridgehead atoms. The number of rotatable bonds is 5. The Balaban J connectivity index is 2.12. The van der Waals surface area contributed by atoms with Gasteiger partial charge < -0.3 is 9.47 Å². The molecule has 0 fully saturated rings. The number of benzene rings is 2. The molecule has 0 radical (unpaired) electrons. The third kappa shape index (κ3) is 4.92. The van der Waals surface area contributed by atoms with E-state index in [1.807, 2.05) is 0 Å². The Morgan fingerprint density at radius 3 is 2.09 bits per heavy atom. The van der Waals surface area contributed by atoms with Gasteiger partial charge in [0.25, 0.3) is 5.69 Å². The minimum Gasteiger partial charge on any atom is -0.427 e. The predicted octanol–water partition coefficient (Wildman–Crippen LogP) is 2.97. The molecule has 0 amide bonds. The second kappa shape index (κ2) is 7.17. The van der Waals surface area contributed by atoms with Crippen LogP contribution in [-0.2, 0) is 9.59 Å². The van der Waals surface area contributed by atoms with Crippen LogP contribution in [0.25, 0.3) is 0 Å². The van der Waals surface area contributed by atoms with Gasteiger partial charge in [-0.3, -0.25) is 9.59 Å². The van der Waals surface area contributed by atoms with Crippen LogP contribution in [0.3, 0.4) is 0 Å². The van der Waals surface area contributed by atoms with Crippen LogP contribution in [0.5, 0.6) is 11.5 Å². The van der Waals surface area contributed by atoms with E-state index in [0.29, 0.717) is 16.3 Å². The summed E-state index contributed by atoms with van der Waals surface area (Å²) >= 11 is 0. The van der Waals surface area contributed by atoms with Crippen LogP contribution in [0.2, 0.25) is 0 Å². The lowest BCUT2D eigenvalue weighted by Gasteiger charge is -2.03. The normalized spacial score (nSPS) is 9.83. The van der Waals surface area contributed by atoms with E-state index in [1.54, 1.807) is 36.4 Å². The van der Waals surface area contributed by atoms with Crippen LogP contribution in [0.15, 0.2) is 48.5 Å². The summed E-state index contributed by atoms with van der Waals surface area (Å²) in [5.41, 5.74) is 3.29. The molecule has 23 heavy (non-hydrogen) atoms. The van der Waals surface area contributed by atoms with Crippen molar-refractivity contribution >= 4 is 23.3 Å². The van der Waals surface area contributed by atoms with Gasteiger partial charge in [-0.25, -0.2) is 0 Å². The number of carbonyl (C=O) groups is 2. The van der Waals surface area contributed by atoms with Crippen molar-refractivity contribution < 1.29 is 23.9 Å². The zero-order chi connectivity index (χ0) is 16.8. The smallest absolute Gasteiger partial charge is 0.308 e. The van der Waals surface area contributed by atoms with Gasteiger partial charge in [0.05, 0.1) is 11.0 Å². The Hall–Kier alpha value is -3.22. The molecule has 2 aromatic carbocycles. The monoisotopic (exact) mass is 315 g/mol. The fraction of sp³-hybridized carbons (Fsp3) is 0.125. The van der Waals surface area contributed by atoms with Crippen LogP contribution in [0, 0.1) is 4.91 Å². The van der Waals surface area contributed by atoms with E-state index >= 15 is 0 Å². The zero-order valence-electron chi connectivity index (χ0n) is 12.6. The highest BCUT2D eigenvalue weighted by Crippen LogP contribution is 2.22. The first kappa shape index (κ1) is 16.2. The van der Waals surface area contributed by atoms with Crippen LogP contribution >= 0.6 is 0 Å². The standard InChI is InChI=1S/C16H15N2O5/c1-11(19)22-15-7-3-5-13(9-15)17-18(21)14-6-4-8-16(10-14)23-12(2)20/h3-10H,1-2H3,(H,17,21)/q+1. The average molecular weight is 315 g/mol. The summed E-state index contributed by atoms with van der Waals surface area (Å²) in [6, 6.07) is 12.6. The number of nitrogens with one attached hydrogen (secondary N) is 1. The highest BCUT2D eigenvalue weighted by molar-refractivity contribution is 5.70. The molecule has 0 atom stereocenters. The lowest BCUT2D eigenvalue weighted by molar-refractivity contribution is -0.427. The molecule has 7 nitrogen and oxygen atoms in total. The number of nitroso groups, excluding NO2 is 1. The molecule has 0 aliphatic carbocycles. The lowest BCUT2D eigenvalue weighted by atomic mass is 10.3. The number of esters is 2. The van der Waals surface area contributed by atoms with Gasteiger partial charge in [0.1, 0.15) is 17.2 Å². The second-order valence-electron chi connectivity index (χ2n) is 4.62. The minimum absolute atomic E-state index is 0.252. The van der Waals surface area contributed by atoms with Crippen molar-refractivity contribution in [2.24, 2.45) is 0 Å². The van der Waals surface area contributed by atoms with E-state index in [0.717, 1.165) is 0 Å². The second-order valence-corrected chi connectivity index (χ2v) is 4.62. The van der Waals surface area contributed by atoms with Crippen molar-refractivity contribution in [3.8, 4) is 11.5 Å². The average Bonchev–Trinajstić information content (AvgIpc) is 2.46. The fourth-order valence-electron chi connectivity index (χ4n) is 1.82. The van der Waals surface area contributed by atoms with Crippen molar-refractivity contribution in [3.05, 3.63) is 53.4 Å². The molecular weight excluding hydrogens is 300 g/mol. The Bertz CT molecular complexity index is 758. The number of anilines is 1. The topological polar surface area (TPSA) is 84.7 Å². The van der Waals surface area contributed by atoms with E-state index in [1.165, 1.54) is 26.0 Å². The molecule has 118 valence electrons. The number of hydrogen-bond donors (Lipinski definition) is 1. The highest BCUT2D eigenvalue weighted by Gasteiger charge is 2.16. The molecular formula is C16H15N2O5+. The maximum Gasteiger partial charge on any atom is 0.308 e. The van der Waals surface area contributed by atoms with Crippen LogP contribution in [0.1, 0.15) is 13.8 Å². The van der Waals surface area contributed by atoms with Crippen LogP contribution in [0.4, 0.5) is 11.4 Å². The van der Waals surface area contributed by atoms with Crippen molar-refractivity contribution in [2.75, 3.05) is 5.43 Å². The molecule has 0 spiro atoms. The Kier molecular flexibility index (Phi) is 5.03. The Morgan fingerprint density at radius 1 is 0.913 bits per heavy atom. The largest absolute Gasteiger partial charge is 0.427 e. The van der Waals surface area contributed by atoms with E-state index in [4.69, 9.17) is 9.47 Å². The number of hydrazine groups is 1. The van der Waals surface area contributed by atoms with Gasteiger partial charge in [0, 0.05) is 26.0 Å². The number of ether oxygens (including phenoxy) is 2. The van der Waals surface area contributed by atoms with Crippen molar-refractivity contribution in [3.63, 3.8) is 0 Å². The van der Waals surface area contributed by atoms with Gasteiger partial charge in [-0.15, -0.1) is 5.43 Å². The first-order chi connectivity index (χ1) is 10.9. The summed E-state index contributed by atoms with van der Waals surface area (Å²) in [7, 11) is 0. The van der Waals surface area contributed by atoms with Crippen molar-refractivity contribution in [1.29, 1.82) is 0 Å². The molecule has 0 heterocycles. The molecule has 0 unspecified atom stereocenters. The van der Waals surface area contributed by atoms with Gasteiger partial charge in [0.2, 0.25) is 0 Å². The molecule has 2 rings (SSSR count). The van der Waals surface area contributed by atoms with Gasteiger partial charge in [-0.05, 0) is 18.2 Å². The minimum atomic E-state index is -0.471. The molecule has 0 aliphatic heterocycles.